The number of alkyl halides is 1. The fraction of sp³-hybridized carbons (Fsp3) is 0.833. The molecule has 0 saturated heterocycles. The summed E-state index contributed by atoms with van der Waals surface area (Å²) in [5.41, 5.74) is 1.13. The number of hydrazine groups is 2. The molecular weight excluding hydrogens is 371 g/mol. The van der Waals surface area contributed by atoms with Gasteiger partial charge in [-0.15, -0.1) is 0 Å². The van der Waals surface area contributed by atoms with Crippen molar-refractivity contribution in [2.75, 3.05) is 20.1 Å². The molecule has 0 bridgehead atoms. The summed E-state index contributed by atoms with van der Waals surface area (Å²) < 4.78 is 24.2. The summed E-state index contributed by atoms with van der Waals surface area (Å²) in [6.45, 7) is 10.3. The van der Waals surface area contributed by atoms with Crippen LogP contribution in [0.2, 0.25) is 0 Å². The van der Waals surface area contributed by atoms with Crippen molar-refractivity contribution in [2.45, 2.75) is 78.2 Å². The molecule has 0 aromatic heterocycles. The number of carbonyl (C=O) groups is 3. The van der Waals surface area contributed by atoms with Gasteiger partial charge in [0.05, 0.1) is 6.42 Å². The minimum Gasteiger partial charge on any atom is -0.459 e. The summed E-state index contributed by atoms with van der Waals surface area (Å²) in [7, 11) is 1.49. The van der Waals surface area contributed by atoms with Gasteiger partial charge in [0.15, 0.2) is 0 Å². The summed E-state index contributed by atoms with van der Waals surface area (Å²) in [5, 5.41) is 2.12. The summed E-state index contributed by atoms with van der Waals surface area (Å²) in [6, 6.07) is 0. The Kier molecular flexibility index (Phi) is 10.4. The second kappa shape index (κ2) is 11.2. The molecule has 0 spiro atoms. The van der Waals surface area contributed by atoms with Crippen LogP contribution in [0.3, 0.4) is 0 Å². The number of hydrogen-bond acceptors (Lipinski definition) is 7. The SMILES string of the molecule is CN(CC(=O)OC(C)(C)C)NC(=O)C[C@H](F)CCCN(N)C(=O)OC(C)(C)C. The lowest BCUT2D eigenvalue weighted by atomic mass is 10.1. The molecule has 164 valence electrons. The maximum Gasteiger partial charge on any atom is 0.424 e. The molecule has 0 aromatic rings. The van der Waals surface area contributed by atoms with Crippen LogP contribution in [-0.2, 0) is 19.1 Å². The van der Waals surface area contributed by atoms with Gasteiger partial charge in [-0.25, -0.2) is 25.0 Å². The molecule has 0 aromatic carbocycles. The standard InChI is InChI=1S/C18H35FN4O5/c1-17(2,3)27-15(25)12-22(7)21-14(24)11-13(19)9-8-10-23(20)16(26)28-18(4,5)6/h13H,8-12,20H2,1-7H3,(H,21,24)/t13-/m1/s1. The predicted octanol–water partition coefficient (Wildman–Crippen LogP) is 1.91. The number of likely N-dealkylation sites (N-methyl/N-ethyl adjacent to an activating group) is 1. The first-order chi connectivity index (χ1) is 12.6. The van der Waals surface area contributed by atoms with E-state index >= 15 is 0 Å². The molecule has 0 unspecified atom stereocenters. The first-order valence-electron chi connectivity index (χ1n) is 9.21. The molecule has 9 nitrogen and oxygen atoms in total. The molecule has 0 radical (unpaired) electrons. The van der Waals surface area contributed by atoms with E-state index in [0.717, 1.165) is 5.01 Å². The van der Waals surface area contributed by atoms with Gasteiger partial charge in [0, 0.05) is 13.6 Å². The molecular formula is C18H35FN4O5. The van der Waals surface area contributed by atoms with Gasteiger partial charge in [-0.05, 0) is 54.4 Å². The van der Waals surface area contributed by atoms with Crippen molar-refractivity contribution in [3.63, 3.8) is 0 Å². The maximum absolute atomic E-state index is 14.0. The van der Waals surface area contributed by atoms with Gasteiger partial charge in [0.25, 0.3) is 0 Å². The largest absolute Gasteiger partial charge is 0.459 e. The van der Waals surface area contributed by atoms with Crippen molar-refractivity contribution in [1.29, 1.82) is 0 Å². The minimum absolute atomic E-state index is 0.0553. The summed E-state index contributed by atoms with van der Waals surface area (Å²) in [4.78, 5) is 35.2. The Morgan fingerprint density at radius 3 is 2.11 bits per heavy atom. The Morgan fingerprint density at radius 2 is 1.61 bits per heavy atom. The normalized spacial score (nSPS) is 13.1. The molecule has 0 aliphatic heterocycles. The first-order valence-corrected chi connectivity index (χ1v) is 9.21. The van der Waals surface area contributed by atoms with Gasteiger partial charge in [-0.2, -0.15) is 0 Å². The van der Waals surface area contributed by atoms with E-state index in [0.29, 0.717) is 0 Å². The Balaban J connectivity index is 4.12. The summed E-state index contributed by atoms with van der Waals surface area (Å²) >= 11 is 0. The van der Waals surface area contributed by atoms with Crippen LogP contribution in [0.25, 0.3) is 0 Å². The van der Waals surface area contributed by atoms with E-state index in [1.54, 1.807) is 41.5 Å². The van der Waals surface area contributed by atoms with Crippen molar-refractivity contribution in [2.24, 2.45) is 5.84 Å². The van der Waals surface area contributed by atoms with Gasteiger partial charge in [0.2, 0.25) is 5.91 Å². The lowest BCUT2D eigenvalue weighted by molar-refractivity contribution is -0.156. The molecule has 0 aliphatic carbocycles. The average Bonchev–Trinajstić information content (AvgIpc) is 2.42. The quantitative estimate of drug-likeness (QED) is 0.260. The number of nitrogens with zero attached hydrogens (tertiary/aromatic N) is 2. The maximum atomic E-state index is 14.0. The monoisotopic (exact) mass is 406 g/mol. The van der Waals surface area contributed by atoms with Gasteiger partial charge in [-0.1, -0.05) is 0 Å². The highest BCUT2D eigenvalue weighted by Crippen LogP contribution is 2.11. The van der Waals surface area contributed by atoms with Gasteiger partial charge < -0.3 is 9.47 Å². The lowest BCUT2D eigenvalue weighted by Crippen LogP contribution is -2.44. The Hall–Kier alpha value is -1.94. The zero-order chi connectivity index (χ0) is 22.1. The summed E-state index contributed by atoms with van der Waals surface area (Å²) in [5.74, 6) is 4.51. The highest BCUT2D eigenvalue weighted by atomic mass is 19.1. The zero-order valence-corrected chi connectivity index (χ0v) is 18.0. The number of nitrogens with one attached hydrogen (secondary N) is 1. The Bertz CT molecular complexity index is 531. The van der Waals surface area contributed by atoms with Crippen molar-refractivity contribution in [1.82, 2.24) is 15.4 Å². The van der Waals surface area contributed by atoms with Crippen LogP contribution in [0, 0.1) is 0 Å². The van der Waals surface area contributed by atoms with Crippen LogP contribution in [0.1, 0.15) is 60.8 Å². The minimum atomic E-state index is -1.40. The molecule has 0 heterocycles. The van der Waals surface area contributed by atoms with Gasteiger partial charge >= 0.3 is 12.1 Å². The van der Waals surface area contributed by atoms with Crippen LogP contribution in [0.15, 0.2) is 0 Å². The van der Waals surface area contributed by atoms with E-state index in [2.05, 4.69) is 5.43 Å². The van der Waals surface area contributed by atoms with E-state index in [4.69, 9.17) is 15.3 Å². The van der Waals surface area contributed by atoms with Gasteiger partial charge in [-0.3, -0.25) is 15.0 Å². The molecule has 0 rings (SSSR count). The molecule has 28 heavy (non-hydrogen) atoms. The summed E-state index contributed by atoms with van der Waals surface area (Å²) in [6.07, 6.45) is -2.13. The first kappa shape index (κ1) is 26.1. The van der Waals surface area contributed by atoms with Crippen LogP contribution in [-0.4, -0.2) is 65.5 Å². The number of hydrogen-bond donors (Lipinski definition) is 2. The molecule has 1 atom stereocenters. The molecule has 2 amide bonds. The van der Waals surface area contributed by atoms with Crippen LogP contribution in [0.4, 0.5) is 9.18 Å². The highest BCUT2D eigenvalue weighted by Gasteiger charge is 2.21. The smallest absolute Gasteiger partial charge is 0.424 e. The third kappa shape index (κ3) is 14.2. The van der Waals surface area contributed by atoms with Crippen molar-refractivity contribution in [3.05, 3.63) is 0 Å². The van der Waals surface area contributed by atoms with Crippen LogP contribution >= 0.6 is 0 Å². The number of halogens is 1. The zero-order valence-electron chi connectivity index (χ0n) is 18.0. The molecule has 10 heteroatoms. The van der Waals surface area contributed by atoms with E-state index in [1.165, 1.54) is 12.1 Å². The van der Waals surface area contributed by atoms with Crippen molar-refractivity contribution >= 4 is 18.0 Å². The Labute approximate surface area is 166 Å². The third-order valence-electron chi connectivity index (χ3n) is 3.05. The number of nitrogens with two attached hydrogens (primary N) is 1. The fourth-order valence-electron chi connectivity index (χ4n) is 2.06. The van der Waals surface area contributed by atoms with Crippen LogP contribution < -0.4 is 11.3 Å². The predicted molar refractivity (Wildman–Crippen MR) is 102 cm³/mol. The van der Waals surface area contributed by atoms with Crippen molar-refractivity contribution < 1.29 is 28.2 Å². The number of ether oxygens (including phenoxy) is 2. The Morgan fingerprint density at radius 1 is 1.07 bits per heavy atom. The lowest BCUT2D eigenvalue weighted by Gasteiger charge is -2.24. The van der Waals surface area contributed by atoms with E-state index < -0.39 is 35.3 Å². The molecule has 0 saturated carbocycles. The number of carbonyl (C=O) groups excluding carboxylic acids is 3. The van der Waals surface area contributed by atoms with E-state index in [1.807, 2.05) is 0 Å². The second-order valence-corrected chi connectivity index (χ2v) is 8.59. The third-order valence-corrected chi connectivity index (χ3v) is 3.05. The molecule has 0 fully saturated rings. The van der Waals surface area contributed by atoms with Crippen molar-refractivity contribution in [3.8, 4) is 0 Å². The van der Waals surface area contributed by atoms with E-state index in [9.17, 15) is 18.8 Å². The fourth-order valence-corrected chi connectivity index (χ4v) is 2.06. The van der Waals surface area contributed by atoms with E-state index in [-0.39, 0.29) is 32.4 Å². The number of rotatable bonds is 9. The number of esters is 1. The highest BCUT2D eigenvalue weighted by molar-refractivity contribution is 5.77. The molecule has 0 aliphatic rings. The number of amides is 2. The average molecular weight is 406 g/mol. The molecule has 3 N–H and O–H groups in total. The van der Waals surface area contributed by atoms with Gasteiger partial charge in [0.1, 0.15) is 23.9 Å². The van der Waals surface area contributed by atoms with Crippen LogP contribution in [0.5, 0.6) is 0 Å². The topological polar surface area (TPSA) is 114 Å². The second-order valence-electron chi connectivity index (χ2n) is 8.59.